The van der Waals surface area contributed by atoms with Crippen LogP contribution in [0.15, 0.2) is 30.3 Å². The minimum atomic E-state index is 0. The summed E-state index contributed by atoms with van der Waals surface area (Å²) in [5.41, 5.74) is 2.09. The van der Waals surface area contributed by atoms with Gasteiger partial charge in [0.1, 0.15) is 5.82 Å². The van der Waals surface area contributed by atoms with Crippen LogP contribution in [0.2, 0.25) is 0 Å². The van der Waals surface area contributed by atoms with Crippen molar-refractivity contribution in [2.75, 3.05) is 19.0 Å². The number of hydrogen-bond donors (Lipinski definition) is 2. The monoisotopic (exact) mass is 424 g/mol. The van der Waals surface area contributed by atoms with Gasteiger partial charge in [-0.3, -0.25) is 4.79 Å². The Labute approximate surface area is 179 Å². The third-order valence-corrected chi connectivity index (χ3v) is 5.77. The lowest BCUT2D eigenvalue weighted by Crippen LogP contribution is -2.39. The summed E-state index contributed by atoms with van der Waals surface area (Å²) in [4.78, 5) is 19.2. The van der Waals surface area contributed by atoms with Crippen molar-refractivity contribution >= 4 is 47.4 Å². The van der Waals surface area contributed by atoms with Gasteiger partial charge in [0.2, 0.25) is 5.91 Å². The molecule has 2 bridgehead atoms. The van der Waals surface area contributed by atoms with Gasteiger partial charge in [0.05, 0.1) is 5.52 Å². The van der Waals surface area contributed by atoms with Gasteiger partial charge in [-0.2, -0.15) is 0 Å². The number of amides is 1. The maximum atomic E-state index is 12.5. The quantitative estimate of drug-likeness (QED) is 0.768. The van der Waals surface area contributed by atoms with Crippen molar-refractivity contribution in [3.63, 3.8) is 0 Å². The van der Waals surface area contributed by atoms with Crippen molar-refractivity contribution in [1.82, 2.24) is 15.6 Å². The fourth-order valence-electron chi connectivity index (χ4n) is 4.48. The molecule has 28 heavy (non-hydrogen) atoms. The molecule has 0 saturated carbocycles. The number of hydrogen-bond acceptors (Lipinski definition) is 4. The molecule has 3 heterocycles. The topological polar surface area (TPSA) is 57.3 Å². The van der Waals surface area contributed by atoms with E-state index in [2.05, 4.69) is 27.8 Å². The first kappa shape index (κ1) is 22.7. The van der Waals surface area contributed by atoms with E-state index in [1.807, 2.05) is 37.2 Å². The van der Waals surface area contributed by atoms with Crippen LogP contribution < -0.4 is 15.5 Å². The number of carbonyl (C=O) groups is 1. The third-order valence-electron chi connectivity index (χ3n) is 5.77. The second kappa shape index (κ2) is 9.77. The summed E-state index contributed by atoms with van der Waals surface area (Å²) in [7, 11) is 3.98. The van der Waals surface area contributed by atoms with E-state index >= 15 is 0 Å². The number of benzene rings is 1. The molecule has 2 aromatic rings. The van der Waals surface area contributed by atoms with Gasteiger partial charge in [-0.05, 0) is 49.3 Å². The van der Waals surface area contributed by atoms with Gasteiger partial charge < -0.3 is 15.5 Å². The van der Waals surface area contributed by atoms with Crippen LogP contribution in [0, 0.1) is 5.92 Å². The fraction of sp³-hybridized carbons (Fsp3) is 0.524. The maximum absolute atomic E-state index is 12.5. The number of piperidine rings is 1. The first-order chi connectivity index (χ1) is 12.6. The van der Waals surface area contributed by atoms with Gasteiger partial charge in [0.15, 0.2) is 0 Å². The highest BCUT2D eigenvalue weighted by atomic mass is 35.5. The van der Waals surface area contributed by atoms with Crippen molar-refractivity contribution in [3.05, 3.63) is 35.9 Å². The summed E-state index contributed by atoms with van der Waals surface area (Å²) >= 11 is 0. The summed E-state index contributed by atoms with van der Waals surface area (Å²) in [5.74, 6) is 1.62. The van der Waals surface area contributed by atoms with E-state index in [9.17, 15) is 4.79 Å². The average Bonchev–Trinajstić information content (AvgIpc) is 2.97. The number of aromatic nitrogens is 1. The molecule has 2 saturated heterocycles. The number of carbonyl (C=O) groups excluding carboxylic acids is 1. The first-order valence-electron chi connectivity index (χ1n) is 9.67. The molecule has 2 aliphatic heterocycles. The molecule has 1 aromatic carbocycles. The van der Waals surface area contributed by atoms with Crippen LogP contribution >= 0.6 is 24.8 Å². The molecule has 2 fully saturated rings. The van der Waals surface area contributed by atoms with Crippen LogP contribution in [0.3, 0.4) is 0 Å². The van der Waals surface area contributed by atoms with Gasteiger partial charge in [-0.15, -0.1) is 24.8 Å². The van der Waals surface area contributed by atoms with E-state index in [4.69, 9.17) is 0 Å². The molecule has 2 unspecified atom stereocenters. The highest BCUT2D eigenvalue weighted by Crippen LogP contribution is 2.32. The molecule has 1 aromatic heterocycles. The summed E-state index contributed by atoms with van der Waals surface area (Å²) < 4.78 is 0. The Morgan fingerprint density at radius 2 is 1.86 bits per heavy atom. The maximum Gasteiger partial charge on any atom is 0.220 e. The number of halogens is 2. The summed E-state index contributed by atoms with van der Waals surface area (Å²) in [6.07, 6.45) is 5.50. The smallest absolute Gasteiger partial charge is 0.220 e. The minimum Gasteiger partial charge on any atom is -0.363 e. The second-order valence-corrected chi connectivity index (χ2v) is 8.01. The van der Waals surface area contributed by atoms with Crippen LogP contribution in [0.1, 0.15) is 37.7 Å². The molecule has 0 spiro atoms. The lowest BCUT2D eigenvalue weighted by molar-refractivity contribution is -0.122. The van der Waals surface area contributed by atoms with Crippen LogP contribution in [0.4, 0.5) is 5.82 Å². The number of fused-ring (bicyclic) bond motifs is 3. The molecular weight excluding hydrogens is 395 g/mol. The largest absolute Gasteiger partial charge is 0.363 e. The van der Waals surface area contributed by atoms with Crippen molar-refractivity contribution in [2.45, 2.75) is 50.7 Å². The van der Waals surface area contributed by atoms with E-state index in [0.717, 1.165) is 35.1 Å². The van der Waals surface area contributed by atoms with Crippen LogP contribution in [-0.2, 0) is 11.3 Å². The van der Waals surface area contributed by atoms with E-state index in [1.165, 1.54) is 12.8 Å². The Morgan fingerprint density at radius 1 is 1.18 bits per heavy atom. The summed E-state index contributed by atoms with van der Waals surface area (Å²) in [6, 6.07) is 11.5. The number of nitrogens with one attached hydrogen (secondary N) is 2. The Morgan fingerprint density at radius 3 is 2.54 bits per heavy atom. The van der Waals surface area contributed by atoms with Crippen LogP contribution in [-0.4, -0.2) is 37.1 Å². The van der Waals surface area contributed by atoms with Crippen LogP contribution in [0.5, 0.6) is 0 Å². The Bertz CT molecular complexity index is 802. The number of rotatable bonds is 5. The van der Waals surface area contributed by atoms with Crippen molar-refractivity contribution < 1.29 is 4.79 Å². The average molecular weight is 425 g/mol. The zero-order chi connectivity index (χ0) is 18.1. The van der Waals surface area contributed by atoms with E-state index in [1.54, 1.807) is 0 Å². The van der Waals surface area contributed by atoms with Crippen LogP contribution in [0.25, 0.3) is 10.9 Å². The van der Waals surface area contributed by atoms with Crippen molar-refractivity contribution in [3.8, 4) is 0 Å². The number of para-hydroxylation sites is 1. The Hall–Kier alpha value is -1.56. The highest BCUT2D eigenvalue weighted by Gasteiger charge is 2.34. The number of nitrogens with zero attached hydrogens (tertiary/aromatic N) is 2. The van der Waals surface area contributed by atoms with Crippen molar-refractivity contribution in [1.29, 1.82) is 0 Å². The second-order valence-electron chi connectivity index (χ2n) is 8.01. The molecule has 154 valence electrons. The fourth-order valence-corrected chi connectivity index (χ4v) is 4.48. The molecule has 1 amide bonds. The molecule has 4 rings (SSSR count). The minimum absolute atomic E-state index is 0. The lowest BCUT2D eigenvalue weighted by atomic mass is 9.89. The van der Waals surface area contributed by atoms with Gasteiger partial charge in [0, 0.05) is 44.5 Å². The first-order valence-corrected chi connectivity index (χ1v) is 9.67. The van der Waals surface area contributed by atoms with Gasteiger partial charge >= 0.3 is 0 Å². The molecule has 0 radical (unpaired) electrons. The molecular formula is C21H30Cl2N4O. The molecule has 5 nitrogen and oxygen atoms in total. The number of anilines is 1. The van der Waals surface area contributed by atoms with E-state index in [-0.39, 0.29) is 30.7 Å². The molecule has 7 heteroatoms. The summed E-state index contributed by atoms with van der Waals surface area (Å²) in [6.45, 7) is 0.556. The van der Waals surface area contributed by atoms with E-state index in [0.29, 0.717) is 31.0 Å². The Balaban J connectivity index is 0.00000140. The molecule has 2 N–H and O–H groups in total. The summed E-state index contributed by atoms with van der Waals surface area (Å²) in [5, 5.41) is 7.90. The van der Waals surface area contributed by atoms with Crippen molar-refractivity contribution in [2.24, 2.45) is 5.92 Å². The lowest BCUT2D eigenvalue weighted by Gasteiger charge is -2.28. The normalized spacial score (nSPS) is 22.9. The third kappa shape index (κ3) is 5.07. The standard InChI is InChI=1S/C21H28N4O.2ClH/c1-25(2)20-12-15(18-5-3-4-6-19(18)24-20)13-22-21(26)11-14-9-16-7-8-17(10-14)23-16;;/h3-6,12,14,16-17,23H,7-11,13H2,1-2H3,(H,22,26);2*1H. The predicted molar refractivity (Wildman–Crippen MR) is 120 cm³/mol. The zero-order valence-electron chi connectivity index (χ0n) is 16.5. The SMILES string of the molecule is CN(C)c1cc(CNC(=O)CC2CC3CCC(C2)N3)c2ccccc2n1.Cl.Cl. The van der Waals surface area contributed by atoms with E-state index < -0.39 is 0 Å². The highest BCUT2D eigenvalue weighted by molar-refractivity contribution is 5.86. The Kier molecular flexibility index (Phi) is 7.93. The predicted octanol–water partition coefficient (Wildman–Crippen LogP) is 3.68. The molecule has 2 aliphatic rings. The van der Waals surface area contributed by atoms with Gasteiger partial charge in [-0.1, -0.05) is 18.2 Å². The zero-order valence-corrected chi connectivity index (χ0v) is 18.1. The molecule has 0 aliphatic carbocycles. The number of pyridine rings is 1. The van der Waals surface area contributed by atoms with Gasteiger partial charge in [0.25, 0.3) is 0 Å². The van der Waals surface area contributed by atoms with Gasteiger partial charge in [-0.25, -0.2) is 4.98 Å². The molecule has 2 atom stereocenters.